The summed E-state index contributed by atoms with van der Waals surface area (Å²) in [7, 11) is 0. The van der Waals surface area contributed by atoms with Gasteiger partial charge in [0.15, 0.2) is 0 Å². The smallest absolute Gasteiger partial charge is 0.419 e. The van der Waals surface area contributed by atoms with Gasteiger partial charge in [-0.3, -0.25) is 5.41 Å². The highest BCUT2D eigenvalue weighted by Gasteiger charge is 2.35. The summed E-state index contributed by atoms with van der Waals surface area (Å²) in [5.74, 6) is -0.620. The molecule has 0 spiro atoms. The van der Waals surface area contributed by atoms with Crippen molar-refractivity contribution in [2.24, 2.45) is 5.73 Å². The molecule has 0 aliphatic heterocycles. The second-order valence-corrected chi connectivity index (χ2v) is 4.18. The van der Waals surface area contributed by atoms with Crippen molar-refractivity contribution in [3.63, 3.8) is 0 Å². The van der Waals surface area contributed by atoms with Crippen LogP contribution in [0.25, 0.3) is 0 Å². The highest BCUT2D eigenvalue weighted by Crippen LogP contribution is 2.37. The SMILES string of the molecule is CCC(CC)Oc1ccc(C(=N)N)cc1C(F)(F)F. The fraction of sp³-hybridized carbons (Fsp3) is 0.462. The van der Waals surface area contributed by atoms with Crippen LogP contribution >= 0.6 is 0 Å². The fourth-order valence-electron chi connectivity index (χ4n) is 1.66. The molecule has 1 aromatic rings. The maximum absolute atomic E-state index is 13.0. The minimum Gasteiger partial charge on any atom is -0.490 e. The lowest BCUT2D eigenvalue weighted by Gasteiger charge is -2.20. The van der Waals surface area contributed by atoms with E-state index in [1.54, 1.807) is 0 Å². The molecule has 0 atom stereocenters. The summed E-state index contributed by atoms with van der Waals surface area (Å²) in [4.78, 5) is 0. The average molecular weight is 274 g/mol. The first-order chi connectivity index (χ1) is 8.79. The second-order valence-electron chi connectivity index (χ2n) is 4.18. The Morgan fingerprint density at radius 3 is 2.32 bits per heavy atom. The molecule has 0 amide bonds. The van der Waals surface area contributed by atoms with Crippen LogP contribution < -0.4 is 10.5 Å². The first-order valence-corrected chi connectivity index (χ1v) is 6.01. The standard InChI is InChI=1S/C13H17F3N2O/c1-3-9(4-2)19-11-6-5-8(12(17)18)7-10(11)13(14,15)16/h5-7,9H,3-4H2,1-2H3,(H3,17,18). The van der Waals surface area contributed by atoms with Crippen molar-refractivity contribution < 1.29 is 17.9 Å². The minimum absolute atomic E-state index is 0.0317. The lowest BCUT2D eigenvalue weighted by atomic mass is 10.1. The van der Waals surface area contributed by atoms with Gasteiger partial charge in [0, 0.05) is 5.56 Å². The van der Waals surface area contributed by atoms with Gasteiger partial charge < -0.3 is 10.5 Å². The number of hydrogen-bond donors (Lipinski definition) is 2. The average Bonchev–Trinajstić information content (AvgIpc) is 2.34. The Morgan fingerprint density at radius 2 is 1.89 bits per heavy atom. The van der Waals surface area contributed by atoms with Crippen LogP contribution in [0, 0.1) is 5.41 Å². The number of halogens is 3. The maximum atomic E-state index is 13.0. The number of ether oxygens (including phenoxy) is 1. The van der Waals surface area contributed by atoms with Gasteiger partial charge in [0.1, 0.15) is 11.6 Å². The third kappa shape index (κ3) is 3.87. The number of nitrogen functional groups attached to an aromatic ring is 1. The molecule has 0 radical (unpaired) electrons. The zero-order valence-electron chi connectivity index (χ0n) is 10.8. The highest BCUT2D eigenvalue weighted by molar-refractivity contribution is 5.95. The number of nitrogens with one attached hydrogen (secondary N) is 1. The molecule has 19 heavy (non-hydrogen) atoms. The predicted octanol–water partition coefficient (Wildman–Crippen LogP) is 3.56. The van der Waals surface area contributed by atoms with Gasteiger partial charge in [-0.15, -0.1) is 0 Å². The summed E-state index contributed by atoms with van der Waals surface area (Å²) in [5.41, 5.74) is 4.34. The second kappa shape index (κ2) is 5.95. The number of hydrogen-bond acceptors (Lipinski definition) is 2. The van der Waals surface area contributed by atoms with Gasteiger partial charge in [0.05, 0.1) is 11.7 Å². The van der Waals surface area contributed by atoms with E-state index in [1.165, 1.54) is 12.1 Å². The molecule has 106 valence electrons. The molecule has 6 heteroatoms. The molecule has 0 bridgehead atoms. The molecule has 0 unspecified atom stereocenters. The van der Waals surface area contributed by atoms with E-state index in [2.05, 4.69) is 0 Å². The van der Waals surface area contributed by atoms with E-state index in [9.17, 15) is 13.2 Å². The van der Waals surface area contributed by atoms with Crippen LogP contribution in [0.5, 0.6) is 5.75 Å². The zero-order chi connectivity index (χ0) is 14.6. The zero-order valence-corrected chi connectivity index (χ0v) is 10.8. The van der Waals surface area contributed by atoms with Crippen molar-refractivity contribution in [3.8, 4) is 5.75 Å². The highest BCUT2D eigenvalue weighted by atomic mass is 19.4. The molecule has 0 fully saturated rings. The predicted molar refractivity (Wildman–Crippen MR) is 67.5 cm³/mol. The van der Waals surface area contributed by atoms with Gasteiger partial charge in [-0.05, 0) is 31.0 Å². The van der Waals surface area contributed by atoms with E-state index < -0.39 is 17.6 Å². The van der Waals surface area contributed by atoms with Crippen LogP contribution in [0.4, 0.5) is 13.2 Å². The van der Waals surface area contributed by atoms with Crippen LogP contribution in [-0.4, -0.2) is 11.9 Å². The number of nitrogens with two attached hydrogens (primary N) is 1. The molecule has 1 rings (SSSR count). The van der Waals surface area contributed by atoms with Crippen molar-refractivity contribution in [2.45, 2.75) is 39.0 Å². The van der Waals surface area contributed by atoms with E-state index in [-0.39, 0.29) is 17.4 Å². The maximum Gasteiger partial charge on any atom is 0.419 e. The Labute approximate surface area is 110 Å². The molecule has 0 heterocycles. The third-order valence-electron chi connectivity index (χ3n) is 2.80. The summed E-state index contributed by atoms with van der Waals surface area (Å²) in [6.45, 7) is 3.71. The summed E-state index contributed by atoms with van der Waals surface area (Å²) < 4.78 is 44.3. The number of benzene rings is 1. The molecule has 0 aliphatic carbocycles. The van der Waals surface area contributed by atoms with E-state index in [4.69, 9.17) is 15.9 Å². The summed E-state index contributed by atoms with van der Waals surface area (Å²) in [6, 6.07) is 3.42. The van der Waals surface area contributed by atoms with Crippen LogP contribution in [0.15, 0.2) is 18.2 Å². The molecule has 1 aromatic carbocycles. The van der Waals surface area contributed by atoms with Gasteiger partial charge in [-0.2, -0.15) is 13.2 Å². The quantitative estimate of drug-likeness (QED) is 0.637. The Hall–Kier alpha value is -1.72. The Morgan fingerprint density at radius 1 is 1.32 bits per heavy atom. The van der Waals surface area contributed by atoms with Crippen molar-refractivity contribution in [2.75, 3.05) is 0 Å². The lowest BCUT2D eigenvalue weighted by Crippen LogP contribution is -2.19. The van der Waals surface area contributed by atoms with E-state index in [0.717, 1.165) is 6.07 Å². The third-order valence-corrected chi connectivity index (χ3v) is 2.80. The summed E-state index contributed by atoms with van der Waals surface area (Å²) >= 11 is 0. The van der Waals surface area contributed by atoms with Crippen molar-refractivity contribution in [3.05, 3.63) is 29.3 Å². The topological polar surface area (TPSA) is 59.1 Å². The molecular formula is C13H17F3N2O. The molecule has 3 N–H and O–H groups in total. The van der Waals surface area contributed by atoms with Crippen molar-refractivity contribution >= 4 is 5.84 Å². The lowest BCUT2D eigenvalue weighted by molar-refractivity contribution is -0.139. The van der Waals surface area contributed by atoms with E-state index in [0.29, 0.717) is 12.8 Å². The summed E-state index contributed by atoms with van der Waals surface area (Å²) in [6.07, 6.45) is -3.54. The van der Waals surface area contributed by atoms with Crippen LogP contribution in [-0.2, 0) is 6.18 Å². The fourth-order valence-corrected chi connectivity index (χ4v) is 1.66. The largest absolute Gasteiger partial charge is 0.490 e. The molecule has 0 aromatic heterocycles. The molecule has 3 nitrogen and oxygen atoms in total. The first-order valence-electron chi connectivity index (χ1n) is 6.01. The Balaban J connectivity index is 3.20. The first kappa shape index (κ1) is 15.3. The molecular weight excluding hydrogens is 257 g/mol. The van der Waals surface area contributed by atoms with Crippen LogP contribution in [0.3, 0.4) is 0 Å². The van der Waals surface area contributed by atoms with E-state index in [1.807, 2.05) is 13.8 Å². The minimum atomic E-state index is -4.53. The summed E-state index contributed by atoms with van der Waals surface area (Å²) in [5, 5.41) is 7.19. The van der Waals surface area contributed by atoms with Crippen LogP contribution in [0.2, 0.25) is 0 Å². The Kier molecular flexibility index (Phi) is 4.80. The molecule has 0 saturated carbocycles. The monoisotopic (exact) mass is 274 g/mol. The van der Waals surface area contributed by atoms with Crippen LogP contribution in [0.1, 0.15) is 37.8 Å². The van der Waals surface area contributed by atoms with Crippen molar-refractivity contribution in [1.29, 1.82) is 5.41 Å². The molecule has 0 saturated heterocycles. The number of rotatable bonds is 5. The van der Waals surface area contributed by atoms with Gasteiger partial charge in [0.2, 0.25) is 0 Å². The van der Waals surface area contributed by atoms with Gasteiger partial charge >= 0.3 is 6.18 Å². The van der Waals surface area contributed by atoms with Gasteiger partial charge in [-0.1, -0.05) is 13.8 Å². The number of amidine groups is 1. The Bertz CT molecular complexity index is 454. The van der Waals surface area contributed by atoms with E-state index >= 15 is 0 Å². The van der Waals surface area contributed by atoms with Gasteiger partial charge in [0.25, 0.3) is 0 Å². The number of alkyl halides is 3. The normalized spacial score (nSPS) is 11.7. The van der Waals surface area contributed by atoms with Crippen molar-refractivity contribution in [1.82, 2.24) is 0 Å². The molecule has 0 aliphatic rings. The van der Waals surface area contributed by atoms with Gasteiger partial charge in [-0.25, -0.2) is 0 Å².